The van der Waals surface area contributed by atoms with E-state index < -0.39 is 17.1 Å². The van der Waals surface area contributed by atoms with Crippen LogP contribution >= 0.6 is 23.1 Å². The molecule has 53 heavy (non-hydrogen) atoms. The Balaban J connectivity index is 1.15. The van der Waals surface area contributed by atoms with Crippen LogP contribution in [0.5, 0.6) is 0 Å². The molecule has 1 heterocycles. The van der Waals surface area contributed by atoms with Crippen molar-refractivity contribution in [2.75, 3.05) is 10.6 Å². The van der Waals surface area contributed by atoms with E-state index in [0.717, 1.165) is 35.3 Å². The van der Waals surface area contributed by atoms with Crippen molar-refractivity contribution in [3.05, 3.63) is 153 Å². The van der Waals surface area contributed by atoms with Gasteiger partial charge >= 0.3 is 0 Å². The standard InChI is InChI=1S/C44H42N4O3S2/c1-4-39(43(51)48-44-37(27-45)36-23-22-33(25-40(36)53-44)31-12-7-5-8-13-31)52-35-17-11-16-34(26-35)46-42(50)38(47-41(49)32-14-9-6-10-15-32)24-29-18-20-30(21-19-29)28(2)3/h5-21,24,26,28,33,39H,4,22-23,25H2,1-3H3,(H,46,50)(H,47,49)(H,48,51)/b38-24+. The van der Waals surface area contributed by atoms with Gasteiger partial charge in [-0.15, -0.1) is 23.1 Å². The van der Waals surface area contributed by atoms with Crippen molar-refractivity contribution in [2.45, 2.75) is 68.4 Å². The number of nitrogens with one attached hydrogen (secondary N) is 3. The van der Waals surface area contributed by atoms with Crippen molar-refractivity contribution in [1.29, 1.82) is 5.26 Å². The Bertz CT molecular complexity index is 2150. The number of carbonyl (C=O) groups excluding carboxylic acids is 3. The van der Waals surface area contributed by atoms with Crippen LogP contribution in [0.1, 0.15) is 88.5 Å². The molecule has 0 aliphatic heterocycles. The monoisotopic (exact) mass is 738 g/mol. The van der Waals surface area contributed by atoms with Crippen LogP contribution in [-0.2, 0) is 22.4 Å². The van der Waals surface area contributed by atoms with E-state index in [1.165, 1.54) is 39.1 Å². The zero-order valence-electron chi connectivity index (χ0n) is 30.0. The highest BCUT2D eigenvalue weighted by Gasteiger charge is 2.28. The van der Waals surface area contributed by atoms with Crippen molar-refractivity contribution in [2.24, 2.45) is 0 Å². The number of anilines is 2. The van der Waals surface area contributed by atoms with Gasteiger partial charge in [0.2, 0.25) is 5.91 Å². The predicted octanol–water partition coefficient (Wildman–Crippen LogP) is 9.93. The molecular weight excluding hydrogens is 697 g/mol. The number of nitrogens with zero attached hydrogens (tertiary/aromatic N) is 1. The summed E-state index contributed by atoms with van der Waals surface area (Å²) >= 11 is 2.92. The van der Waals surface area contributed by atoms with Crippen molar-refractivity contribution in [1.82, 2.24) is 5.32 Å². The van der Waals surface area contributed by atoms with Gasteiger partial charge in [-0.1, -0.05) is 99.6 Å². The van der Waals surface area contributed by atoms with Gasteiger partial charge in [-0.3, -0.25) is 14.4 Å². The molecule has 0 bridgehead atoms. The maximum absolute atomic E-state index is 13.7. The van der Waals surface area contributed by atoms with E-state index in [-0.39, 0.29) is 11.6 Å². The SMILES string of the molecule is CCC(Sc1cccc(NC(=O)/C(=C\c2ccc(C(C)C)cc2)NC(=O)c2ccccc2)c1)C(=O)Nc1sc2c(c1C#N)CCC(c1ccccc1)C2. The minimum atomic E-state index is -0.477. The summed E-state index contributed by atoms with van der Waals surface area (Å²) in [7, 11) is 0. The van der Waals surface area contributed by atoms with Gasteiger partial charge < -0.3 is 16.0 Å². The third kappa shape index (κ3) is 9.33. The molecule has 268 valence electrons. The molecule has 0 fully saturated rings. The summed E-state index contributed by atoms with van der Waals surface area (Å²) in [5, 5.41) is 19.1. The van der Waals surface area contributed by atoms with Crippen LogP contribution in [0.15, 0.2) is 120 Å². The lowest BCUT2D eigenvalue weighted by molar-refractivity contribution is -0.116. The second-order valence-electron chi connectivity index (χ2n) is 13.4. The molecule has 7 nitrogen and oxygen atoms in total. The molecule has 2 atom stereocenters. The third-order valence-electron chi connectivity index (χ3n) is 9.36. The molecule has 0 saturated carbocycles. The molecule has 1 aliphatic rings. The van der Waals surface area contributed by atoms with Crippen LogP contribution in [0.2, 0.25) is 0 Å². The fourth-order valence-corrected chi connectivity index (χ4v) is 8.71. The van der Waals surface area contributed by atoms with E-state index in [0.29, 0.717) is 40.1 Å². The summed E-state index contributed by atoms with van der Waals surface area (Å²) in [5.74, 6) is -0.282. The fourth-order valence-electron chi connectivity index (χ4n) is 6.41. The first kappa shape index (κ1) is 37.3. The number of thiophene rings is 1. The lowest BCUT2D eigenvalue weighted by Gasteiger charge is -2.22. The molecule has 5 aromatic rings. The Hall–Kier alpha value is -5.43. The Morgan fingerprint density at radius 3 is 2.32 bits per heavy atom. The molecule has 3 N–H and O–H groups in total. The number of nitriles is 1. The van der Waals surface area contributed by atoms with Crippen molar-refractivity contribution < 1.29 is 14.4 Å². The highest BCUT2D eigenvalue weighted by Crippen LogP contribution is 2.42. The molecule has 0 spiro atoms. The zero-order chi connectivity index (χ0) is 37.3. The molecule has 4 aromatic carbocycles. The molecule has 3 amide bonds. The van der Waals surface area contributed by atoms with E-state index in [9.17, 15) is 19.6 Å². The summed E-state index contributed by atoms with van der Waals surface area (Å²) in [5.41, 5.74) is 5.95. The number of fused-ring (bicyclic) bond motifs is 1. The summed E-state index contributed by atoms with van der Waals surface area (Å²) in [4.78, 5) is 42.5. The normalized spacial score (nSPS) is 14.5. The summed E-state index contributed by atoms with van der Waals surface area (Å²) in [6.07, 6.45) is 4.86. The van der Waals surface area contributed by atoms with Crippen molar-refractivity contribution in [3.63, 3.8) is 0 Å². The first-order valence-corrected chi connectivity index (χ1v) is 19.6. The fraction of sp³-hybridized carbons (Fsp3) is 0.227. The first-order valence-electron chi connectivity index (χ1n) is 17.9. The summed E-state index contributed by atoms with van der Waals surface area (Å²) < 4.78 is 0. The van der Waals surface area contributed by atoms with Gasteiger partial charge in [-0.05, 0) is 96.2 Å². The van der Waals surface area contributed by atoms with Gasteiger partial charge in [0.25, 0.3) is 11.8 Å². The number of thioether (sulfide) groups is 1. The van der Waals surface area contributed by atoms with Crippen LogP contribution in [-0.4, -0.2) is 23.0 Å². The van der Waals surface area contributed by atoms with Crippen LogP contribution in [0.3, 0.4) is 0 Å². The molecule has 0 radical (unpaired) electrons. The number of hydrogen-bond acceptors (Lipinski definition) is 6. The molecule has 2 unspecified atom stereocenters. The van der Waals surface area contributed by atoms with Gasteiger partial charge in [-0.2, -0.15) is 5.26 Å². The molecule has 1 aromatic heterocycles. The predicted molar refractivity (Wildman–Crippen MR) is 216 cm³/mol. The van der Waals surface area contributed by atoms with E-state index >= 15 is 0 Å². The second kappa shape index (κ2) is 17.4. The zero-order valence-corrected chi connectivity index (χ0v) is 31.7. The largest absolute Gasteiger partial charge is 0.321 e. The van der Waals surface area contributed by atoms with Crippen LogP contribution in [0.25, 0.3) is 6.08 Å². The summed E-state index contributed by atoms with van der Waals surface area (Å²) in [6.45, 7) is 6.19. The van der Waals surface area contributed by atoms with Crippen LogP contribution in [0, 0.1) is 11.3 Å². The quantitative estimate of drug-likeness (QED) is 0.0872. The molecular formula is C44H42N4O3S2. The highest BCUT2D eigenvalue weighted by atomic mass is 32.2. The summed E-state index contributed by atoms with van der Waals surface area (Å²) in [6, 6.07) is 36.8. The molecule has 9 heteroatoms. The van der Waals surface area contributed by atoms with Gasteiger partial charge in [-0.25, -0.2) is 0 Å². The van der Waals surface area contributed by atoms with Crippen molar-refractivity contribution >= 4 is 57.6 Å². The minimum Gasteiger partial charge on any atom is -0.321 e. The van der Waals surface area contributed by atoms with Gasteiger partial charge in [0.05, 0.1) is 10.8 Å². The van der Waals surface area contributed by atoms with E-state index in [1.54, 1.807) is 36.4 Å². The van der Waals surface area contributed by atoms with Crippen LogP contribution < -0.4 is 16.0 Å². The first-order chi connectivity index (χ1) is 25.7. The Morgan fingerprint density at radius 2 is 1.64 bits per heavy atom. The highest BCUT2D eigenvalue weighted by molar-refractivity contribution is 8.00. The lowest BCUT2D eigenvalue weighted by atomic mass is 9.83. The van der Waals surface area contributed by atoms with Crippen LogP contribution in [0.4, 0.5) is 10.7 Å². The van der Waals surface area contributed by atoms with E-state index in [4.69, 9.17) is 0 Å². The average Bonchev–Trinajstić information content (AvgIpc) is 3.53. The minimum absolute atomic E-state index is 0.0991. The number of carbonyl (C=O) groups is 3. The second-order valence-corrected chi connectivity index (χ2v) is 15.7. The Labute approximate surface area is 319 Å². The van der Waals surface area contributed by atoms with E-state index in [1.807, 2.05) is 61.5 Å². The topological polar surface area (TPSA) is 111 Å². The molecule has 0 saturated heterocycles. The number of hydrogen-bond donors (Lipinski definition) is 3. The Kier molecular flexibility index (Phi) is 12.2. The van der Waals surface area contributed by atoms with Gasteiger partial charge in [0.1, 0.15) is 16.8 Å². The molecule has 1 aliphatic carbocycles. The number of rotatable bonds is 12. The van der Waals surface area contributed by atoms with Gasteiger partial charge in [0.15, 0.2) is 0 Å². The maximum Gasteiger partial charge on any atom is 0.272 e. The maximum atomic E-state index is 13.7. The van der Waals surface area contributed by atoms with Crippen molar-refractivity contribution in [3.8, 4) is 6.07 Å². The van der Waals surface area contributed by atoms with E-state index in [2.05, 4.69) is 60.1 Å². The number of amides is 3. The Morgan fingerprint density at radius 1 is 0.925 bits per heavy atom. The molecule has 6 rings (SSSR count). The number of benzene rings is 4. The van der Waals surface area contributed by atoms with Gasteiger partial charge in [0, 0.05) is 21.0 Å². The average molecular weight is 739 g/mol. The smallest absolute Gasteiger partial charge is 0.272 e. The third-order valence-corrected chi connectivity index (χ3v) is 11.9. The lowest BCUT2D eigenvalue weighted by Crippen LogP contribution is -2.30.